The van der Waals surface area contributed by atoms with E-state index in [-0.39, 0.29) is 5.75 Å². The molecule has 0 spiro atoms. The Kier molecular flexibility index (Phi) is 4.22. The lowest BCUT2D eigenvalue weighted by atomic mass is 10.3. The topological polar surface area (TPSA) is 45.1 Å². The summed E-state index contributed by atoms with van der Waals surface area (Å²) in [4.78, 5) is 4.12. The highest BCUT2D eigenvalue weighted by molar-refractivity contribution is 14.1. The second-order valence-electron chi connectivity index (χ2n) is 3.49. The van der Waals surface area contributed by atoms with E-state index in [9.17, 15) is 0 Å². The van der Waals surface area contributed by atoms with Crippen molar-refractivity contribution in [2.45, 2.75) is 6.54 Å². The Morgan fingerprint density at radius 3 is 2.82 bits per heavy atom. The van der Waals surface area contributed by atoms with Crippen molar-refractivity contribution in [3.8, 4) is 5.75 Å². The number of hydrogen-bond acceptors (Lipinski definition) is 3. The molecule has 0 radical (unpaired) electrons. The number of nitrogens with one attached hydrogen (secondary N) is 1. The van der Waals surface area contributed by atoms with Gasteiger partial charge in [-0.15, -0.1) is 0 Å². The molecule has 1 aromatic carbocycles. The highest BCUT2D eigenvalue weighted by atomic mass is 127. The van der Waals surface area contributed by atoms with Crippen LogP contribution in [-0.4, -0.2) is 10.1 Å². The summed E-state index contributed by atoms with van der Waals surface area (Å²) in [5, 5.41) is 12.4. The van der Waals surface area contributed by atoms with Crippen LogP contribution < -0.4 is 5.32 Å². The smallest absolute Gasteiger partial charge is 0.133 e. The molecule has 0 aliphatic heterocycles. The maximum atomic E-state index is 9.13. The summed E-state index contributed by atoms with van der Waals surface area (Å²) >= 11 is 5.76. The molecule has 5 heteroatoms. The average Bonchev–Trinajstić information content (AvgIpc) is 2.32. The highest BCUT2D eigenvalue weighted by Crippen LogP contribution is 2.24. The van der Waals surface area contributed by atoms with Gasteiger partial charge in [0.05, 0.1) is 18.4 Å². The lowest BCUT2D eigenvalue weighted by Gasteiger charge is -2.08. The quantitative estimate of drug-likeness (QED) is 0.765. The average molecular weight is 405 g/mol. The third kappa shape index (κ3) is 3.57. The van der Waals surface area contributed by atoms with Crippen molar-refractivity contribution in [3.05, 3.63) is 50.3 Å². The maximum Gasteiger partial charge on any atom is 0.133 e. The first kappa shape index (κ1) is 12.6. The van der Waals surface area contributed by atoms with E-state index < -0.39 is 0 Å². The van der Waals surface area contributed by atoms with E-state index in [1.807, 2.05) is 12.1 Å². The molecule has 0 amide bonds. The van der Waals surface area contributed by atoms with Crippen LogP contribution in [0.5, 0.6) is 5.75 Å². The summed E-state index contributed by atoms with van der Waals surface area (Å²) in [5.74, 6) is 0.184. The first-order valence-electron chi connectivity index (χ1n) is 4.98. The van der Waals surface area contributed by atoms with Gasteiger partial charge in [-0.05, 0) is 68.9 Å². The number of halogens is 2. The van der Waals surface area contributed by atoms with Gasteiger partial charge >= 0.3 is 0 Å². The predicted octanol–water partition coefficient (Wildman–Crippen LogP) is 3.77. The third-order valence-electron chi connectivity index (χ3n) is 2.20. The van der Waals surface area contributed by atoms with Crippen LogP contribution in [0.3, 0.4) is 0 Å². The fraction of sp³-hybridized carbons (Fsp3) is 0.0833. The minimum atomic E-state index is 0.184. The molecular formula is C12H10BrIN2O. The second kappa shape index (κ2) is 5.68. The number of pyridine rings is 1. The summed E-state index contributed by atoms with van der Waals surface area (Å²) in [6, 6.07) is 9.53. The van der Waals surface area contributed by atoms with E-state index >= 15 is 0 Å². The summed E-state index contributed by atoms with van der Waals surface area (Å²) in [6.07, 6.45) is 1.45. The molecule has 3 nitrogen and oxygen atoms in total. The Hall–Kier alpha value is -0.820. The molecule has 0 saturated carbocycles. The Balaban J connectivity index is 2.07. The normalized spacial score (nSPS) is 10.2. The largest absolute Gasteiger partial charge is 0.506 e. The zero-order chi connectivity index (χ0) is 12.3. The Bertz CT molecular complexity index is 516. The SMILES string of the molecule is Oc1ccc(CNc2cc(I)ccc2Br)nc1. The van der Waals surface area contributed by atoms with Gasteiger partial charge < -0.3 is 10.4 Å². The Morgan fingerprint density at radius 2 is 2.12 bits per heavy atom. The van der Waals surface area contributed by atoms with Crippen molar-refractivity contribution in [2.24, 2.45) is 0 Å². The summed E-state index contributed by atoms with van der Waals surface area (Å²) in [6.45, 7) is 0.624. The van der Waals surface area contributed by atoms with Crippen LogP contribution >= 0.6 is 38.5 Å². The third-order valence-corrected chi connectivity index (χ3v) is 3.56. The number of rotatable bonds is 3. The molecule has 0 fully saturated rings. The molecule has 0 atom stereocenters. The molecule has 17 heavy (non-hydrogen) atoms. The van der Waals surface area contributed by atoms with E-state index in [4.69, 9.17) is 5.11 Å². The van der Waals surface area contributed by atoms with E-state index in [2.05, 4.69) is 54.9 Å². The van der Waals surface area contributed by atoms with Crippen LogP contribution in [-0.2, 0) is 6.54 Å². The van der Waals surface area contributed by atoms with Crippen LogP contribution in [0, 0.1) is 3.57 Å². The second-order valence-corrected chi connectivity index (χ2v) is 5.59. The van der Waals surface area contributed by atoms with Gasteiger partial charge in [0.2, 0.25) is 0 Å². The molecule has 2 rings (SSSR count). The summed E-state index contributed by atoms with van der Waals surface area (Å²) < 4.78 is 2.20. The summed E-state index contributed by atoms with van der Waals surface area (Å²) in [5.41, 5.74) is 1.92. The number of aromatic nitrogens is 1. The van der Waals surface area contributed by atoms with Crippen LogP contribution in [0.4, 0.5) is 5.69 Å². The molecule has 0 unspecified atom stereocenters. The minimum absolute atomic E-state index is 0.184. The van der Waals surface area contributed by atoms with Gasteiger partial charge in [0.15, 0.2) is 0 Å². The molecule has 2 aromatic rings. The molecular weight excluding hydrogens is 395 g/mol. The molecule has 0 bridgehead atoms. The van der Waals surface area contributed by atoms with Crippen molar-refractivity contribution in [1.29, 1.82) is 0 Å². The number of hydrogen-bond donors (Lipinski definition) is 2. The molecule has 0 saturated heterocycles. The molecule has 0 aliphatic rings. The van der Waals surface area contributed by atoms with Crippen LogP contribution in [0.2, 0.25) is 0 Å². The minimum Gasteiger partial charge on any atom is -0.506 e. The summed E-state index contributed by atoms with van der Waals surface area (Å²) in [7, 11) is 0. The van der Waals surface area contributed by atoms with E-state index in [1.165, 1.54) is 9.77 Å². The molecule has 1 heterocycles. The van der Waals surface area contributed by atoms with E-state index in [1.54, 1.807) is 12.1 Å². The number of anilines is 1. The monoisotopic (exact) mass is 404 g/mol. The molecule has 88 valence electrons. The van der Waals surface area contributed by atoms with Gasteiger partial charge in [-0.25, -0.2) is 0 Å². The van der Waals surface area contributed by atoms with Gasteiger partial charge in [0, 0.05) is 13.7 Å². The molecule has 2 N–H and O–H groups in total. The fourth-order valence-corrected chi connectivity index (χ4v) is 2.22. The van der Waals surface area contributed by atoms with Crippen molar-refractivity contribution in [2.75, 3.05) is 5.32 Å². The van der Waals surface area contributed by atoms with Gasteiger partial charge in [-0.3, -0.25) is 4.98 Å². The maximum absolute atomic E-state index is 9.13. The van der Waals surface area contributed by atoms with Crippen molar-refractivity contribution in [1.82, 2.24) is 4.98 Å². The molecule has 0 aliphatic carbocycles. The van der Waals surface area contributed by atoms with Crippen molar-refractivity contribution >= 4 is 44.2 Å². The van der Waals surface area contributed by atoms with Gasteiger partial charge in [0.1, 0.15) is 5.75 Å². The highest BCUT2D eigenvalue weighted by Gasteiger charge is 2.01. The first-order valence-corrected chi connectivity index (χ1v) is 6.85. The molecule has 1 aromatic heterocycles. The van der Waals surface area contributed by atoms with Crippen LogP contribution in [0.15, 0.2) is 41.0 Å². The predicted molar refractivity (Wildman–Crippen MR) is 80.1 cm³/mol. The van der Waals surface area contributed by atoms with Crippen molar-refractivity contribution < 1.29 is 5.11 Å². The van der Waals surface area contributed by atoms with Crippen molar-refractivity contribution in [3.63, 3.8) is 0 Å². The Labute approximate surface area is 122 Å². The Morgan fingerprint density at radius 1 is 1.29 bits per heavy atom. The van der Waals surface area contributed by atoms with Gasteiger partial charge in [0.25, 0.3) is 0 Å². The number of benzene rings is 1. The number of aromatic hydroxyl groups is 1. The number of nitrogens with zero attached hydrogens (tertiary/aromatic N) is 1. The van der Waals surface area contributed by atoms with E-state index in [0.29, 0.717) is 6.54 Å². The van der Waals surface area contributed by atoms with Crippen LogP contribution in [0.1, 0.15) is 5.69 Å². The zero-order valence-corrected chi connectivity index (χ0v) is 12.6. The van der Waals surface area contributed by atoms with E-state index in [0.717, 1.165) is 15.9 Å². The van der Waals surface area contributed by atoms with Crippen LogP contribution in [0.25, 0.3) is 0 Å². The standard InChI is InChI=1S/C12H10BrIN2O/c13-11-4-1-8(14)5-12(11)16-6-9-2-3-10(17)7-15-9/h1-5,7,16-17H,6H2. The lowest BCUT2D eigenvalue weighted by Crippen LogP contribution is -2.01. The van der Waals surface area contributed by atoms with Gasteiger partial charge in [-0.1, -0.05) is 0 Å². The first-order chi connectivity index (χ1) is 8.15. The fourth-order valence-electron chi connectivity index (χ4n) is 1.34. The lowest BCUT2D eigenvalue weighted by molar-refractivity contribution is 0.472. The zero-order valence-electron chi connectivity index (χ0n) is 8.82. The van der Waals surface area contributed by atoms with Gasteiger partial charge in [-0.2, -0.15) is 0 Å².